The number of nitrogens with two attached hydrogens (primary N) is 1. The molecule has 3 aromatic carbocycles. The third-order valence-electron chi connectivity index (χ3n) is 6.63. The van der Waals surface area contributed by atoms with Crippen LogP contribution in [-0.2, 0) is 6.54 Å². The minimum Gasteiger partial charge on any atom is -0.383 e. The summed E-state index contributed by atoms with van der Waals surface area (Å²) in [5.74, 6) is 0.953. The topological polar surface area (TPSA) is 98.7 Å². The maximum Gasteiger partial charge on any atom is 0.251 e. The molecule has 3 heterocycles. The van der Waals surface area contributed by atoms with Crippen molar-refractivity contribution >= 4 is 22.9 Å². The van der Waals surface area contributed by atoms with Crippen molar-refractivity contribution in [1.82, 2.24) is 24.8 Å². The van der Waals surface area contributed by atoms with E-state index in [0.29, 0.717) is 23.8 Å². The van der Waals surface area contributed by atoms with Crippen molar-refractivity contribution in [1.29, 1.82) is 0 Å². The number of aromatic nitrogens is 4. The fourth-order valence-corrected chi connectivity index (χ4v) is 4.66. The second-order valence-electron chi connectivity index (χ2n) is 9.28. The van der Waals surface area contributed by atoms with Gasteiger partial charge in [0.1, 0.15) is 11.3 Å². The van der Waals surface area contributed by atoms with Gasteiger partial charge in [0.05, 0.1) is 11.3 Å². The van der Waals surface area contributed by atoms with Crippen LogP contribution in [0.1, 0.15) is 28.9 Å². The number of imidazole rings is 1. The first-order valence-corrected chi connectivity index (χ1v) is 12.7. The second-order valence-corrected chi connectivity index (χ2v) is 9.28. The molecule has 0 saturated heterocycles. The zero-order chi connectivity index (χ0) is 26.8. The van der Waals surface area contributed by atoms with Gasteiger partial charge in [-0.3, -0.25) is 9.36 Å². The first-order valence-electron chi connectivity index (χ1n) is 12.7. The SMILES string of the molecule is C.Cc1cc2nc(-c3cccnc3N)n(-c3ccc(CNC(=O)c4ccccc4)cc3)c2nc1-c1ccccc1. The summed E-state index contributed by atoms with van der Waals surface area (Å²) in [5, 5.41) is 2.98. The zero-order valence-corrected chi connectivity index (χ0v) is 21.4. The Morgan fingerprint density at radius 2 is 1.57 bits per heavy atom. The molecule has 0 aliphatic carbocycles. The second kappa shape index (κ2) is 11.2. The van der Waals surface area contributed by atoms with Gasteiger partial charge in [-0.2, -0.15) is 0 Å². The number of hydrogen-bond donors (Lipinski definition) is 2. The Morgan fingerprint density at radius 1 is 0.875 bits per heavy atom. The van der Waals surface area contributed by atoms with Gasteiger partial charge in [-0.15, -0.1) is 0 Å². The molecule has 0 unspecified atom stereocenters. The van der Waals surface area contributed by atoms with Crippen molar-refractivity contribution in [2.24, 2.45) is 0 Å². The largest absolute Gasteiger partial charge is 0.383 e. The average molecular weight is 527 g/mol. The van der Waals surface area contributed by atoms with E-state index in [1.165, 1.54) is 0 Å². The van der Waals surface area contributed by atoms with E-state index in [2.05, 4.69) is 28.5 Å². The van der Waals surface area contributed by atoms with Crippen LogP contribution in [0.2, 0.25) is 0 Å². The molecule has 40 heavy (non-hydrogen) atoms. The van der Waals surface area contributed by atoms with Gasteiger partial charge < -0.3 is 11.1 Å². The molecular formula is C33H30N6O. The lowest BCUT2D eigenvalue weighted by atomic mass is 10.1. The monoisotopic (exact) mass is 526 g/mol. The fraction of sp³-hybridized carbons (Fsp3) is 0.0909. The summed E-state index contributed by atoms with van der Waals surface area (Å²) in [6.07, 6.45) is 1.67. The Hall–Kier alpha value is -5.30. The van der Waals surface area contributed by atoms with E-state index in [4.69, 9.17) is 15.7 Å². The highest BCUT2D eigenvalue weighted by Crippen LogP contribution is 2.33. The molecule has 0 aliphatic heterocycles. The first kappa shape index (κ1) is 26.3. The Labute approximate surface area is 233 Å². The van der Waals surface area contributed by atoms with Gasteiger partial charge in [-0.25, -0.2) is 15.0 Å². The molecule has 198 valence electrons. The van der Waals surface area contributed by atoms with Gasteiger partial charge in [-0.05, 0) is 60.5 Å². The van der Waals surface area contributed by atoms with E-state index in [-0.39, 0.29) is 13.3 Å². The number of carbonyl (C=O) groups excluding carboxylic acids is 1. The normalized spacial score (nSPS) is 10.7. The van der Waals surface area contributed by atoms with Gasteiger partial charge in [0.25, 0.3) is 5.91 Å². The van der Waals surface area contributed by atoms with Gasteiger partial charge in [0.15, 0.2) is 11.5 Å². The molecule has 3 N–H and O–H groups in total. The number of benzene rings is 3. The molecule has 0 radical (unpaired) electrons. The number of rotatable bonds is 6. The van der Waals surface area contributed by atoms with Crippen LogP contribution >= 0.6 is 0 Å². The molecule has 6 rings (SSSR count). The van der Waals surface area contributed by atoms with Crippen LogP contribution < -0.4 is 11.1 Å². The van der Waals surface area contributed by atoms with Gasteiger partial charge >= 0.3 is 0 Å². The minimum absolute atomic E-state index is 0. The van der Waals surface area contributed by atoms with Crippen molar-refractivity contribution in [2.45, 2.75) is 20.9 Å². The molecule has 7 heteroatoms. The number of nitrogens with zero attached hydrogens (tertiary/aromatic N) is 4. The van der Waals surface area contributed by atoms with Crippen LogP contribution in [0, 0.1) is 6.92 Å². The fourth-order valence-electron chi connectivity index (χ4n) is 4.66. The summed E-state index contributed by atoms with van der Waals surface area (Å²) in [7, 11) is 0. The molecule has 0 bridgehead atoms. The molecule has 0 spiro atoms. The van der Waals surface area contributed by atoms with Crippen LogP contribution in [0.3, 0.4) is 0 Å². The Morgan fingerprint density at radius 3 is 2.27 bits per heavy atom. The lowest BCUT2D eigenvalue weighted by molar-refractivity contribution is 0.0951. The number of aryl methyl sites for hydroxylation is 1. The standard InChI is InChI=1S/C32H26N6O.CH4/c1-21-19-27-31(37-28(21)23-9-4-2-5-10-23)38(30(36-27)26-13-8-18-34-29(26)33)25-16-14-22(15-17-25)20-35-32(39)24-11-6-3-7-12-24;/h2-19H,20H2,1H3,(H2,33,34)(H,35,39);1H4. The van der Waals surface area contributed by atoms with Crippen LogP contribution in [0.5, 0.6) is 0 Å². The van der Waals surface area contributed by atoms with Gasteiger partial charge in [-0.1, -0.05) is 68.1 Å². The molecule has 0 fully saturated rings. The van der Waals surface area contributed by atoms with Crippen molar-refractivity contribution in [2.75, 3.05) is 5.73 Å². The number of nitrogens with one attached hydrogen (secondary N) is 1. The smallest absolute Gasteiger partial charge is 0.251 e. The zero-order valence-electron chi connectivity index (χ0n) is 21.4. The minimum atomic E-state index is -0.109. The van der Waals surface area contributed by atoms with E-state index in [0.717, 1.165) is 44.8 Å². The van der Waals surface area contributed by atoms with Crippen molar-refractivity contribution in [3.8, 4) is 28.3 Å². The number of fused-ring (bicyclic) bond motifs is 1. The molecule has 3 aromatic heterocycles. The van der Waals surface area contributed by atoms with Crippen LogP contribution in [0.4, 0.5) is 5.82 Å². The molecule has 6 aromatic rings. The van der Waals surface area contributed by atoms with E-state index in [1.807, 2.05) is 84.3 Å². The number of anilines is 1. The van der Waals surface area contributed by atoms with Gasteiger partial charge in [0.2, 0.25) is 0 Å². The van der Waals surface area contributed by atoms with Crippen molar-refractivity contribution in [3.63, 3.8) is 0 Å². The van der Waals surface area contributed by atoms with Crippen molar-refractivity contribution in [3.05, 3.63) is 126 Å². The Kier molecular flexibility index (Phi) is 7.37. The molecule has 0 saturated carbocycles. The summed E-state index contributed by atoms with van der Waals surface area (Å²) < 4.78 is 2.01. The summed E-state index contributed by atoms with van der Waals surface area (Å²) in [5.41, 5.74) is 14.0. The predicted octanol–water partition coefficient (Wildman–Crippen LogP) is 6.61. The summed E-state index contributed by atoms with van der Waals surface area (Å²) in [6, 6.07) is 33.1. The van der Waals surface area contributed by atoms with Gasteiger partial charge in [0, 0.05) is 29.6 Å². The number of nitrogen functional groups attached to an aromatic ring is 1. The number of pyridine rings is 2. The van der Waals surface area contributed by atoms with Crippen molar-refractivity contribution < 1.29 is 4.79 Å². The highest BCUT2D eigenvalue weighted by Gasteiger charge is 2.20. The third-order valence-corrected chi connectivity index (χ3v) is 6.63. The molecule has 0 aliphatic rings. The summed E-state index contributed by atoms with van der Waals surface area (Å²) in [6.45, 7) is 2.46. The summed E-state index contributed by atoms with van der Waals surface area (Å²) in [4.78, 5) is 26.8. The molecule has 1 amide bonds. The third kappa shape index (κ3) is 5.05. The summed E-state index contributed by atoms with van der Waals surface area (Å²) >= 11 is 0. The molecule has 0 atom stereocenters. The maximum atomic E-state index is 12.5. The quantitative estimate of drug-likeness (QED) is 0.255. The van der Waals surface area contributed by atoms with E-state index < -0.39 is 0 Å². The average Bonchev–Trinajstić information content (AvgIpc) is 3.34. The van der Waals surface area contributed by atoms with E-state index in [1.54, 1.807) is 18.3 Å². The first-order chi connectivity index (χ1) is 19.1. The Balaban J connectivity index is 0.00000323. The Bertz CT molecular complexity index is 1780. The lowest BCUT2D eigenvalue weighted by Gasteiger charge is -2.12. The van der Waals surface area contributed by atoms with E-state index in [9.17, 15) is 4.79 Å². The molecular weight excluding hydrogens is 496 g/mol. The van der Waals surface area contributed by atoms with E-state index >= 15 is 0 Å². The number of hydrogen-bond acceptors (Lipinski definition) is 5. The lowest BCUT2D eigenvalue weighted by Crippen LogP contribution is -2.22. The number of amides is 1. The van der Waals surface area contributed by atoms with Crippen LogP contribution in [0.25, 0.3) is 39.5 Å². The number of carbonyl (C=O) groups is 1. The predicted molar refractivity (Wildman–Crippen MR) is 161 cm³/mol. The highest BCUT2D eigenvalue weighted by atomic mass is 16.1. The van der Waals surface area contributed by atoms with Crippen LogP contribution in [-0.4, -0.2) is 25.4 Å². The van der Waals surface area contributed by atoms with Crippen LogP contribution in [0.15, 0.2) is 109 Å². The maximum absolute atomic E-state index is 12.5. The highest BCUT2D eigenvalue weighted by molar-refractivity contribution is 5.94. The molecule has 7 nitrogen and oxygen atoms in total.